The van der Waals surface area contributed by atoms with Gasteiger partial charge >= 0.3 is 6.18 Å². The maximum Gasteiger partial charge on any atom is 0.401 e. The molecule has 1 saturated heterocycles. The molecule has 0 bridgehead atoms. The number of likely N-dealkylation sites (tertiary alicyclic amines) is 1. The lowest BCUT2D eigenvalue weighted by Gasteiger charge is -2.26. The molecular formula is C21H29ClF3N5. The second-order valence-corrected chi connectivity index (χ2v) is 8.21. The summed E-state index contributed by atoms with van der Waals surface area (Å²) in [6.45, 7) is 4.02. The summed E-state index contributed by atoms with van der Waals surface area (Å²) in [5, 5.41) is 5.22. The molecule has 1 aliphatic rings. The van der Waals surface area contributed by atoms with Crippen LogP contribution in [0.1, 0.15) is 18.9 Å². The third kappa shape index (κ3) is 6.04. The Morgan fingerprint density at radius 2 is 2.20 bits per heavy atom. The number of halogens is 4. The van der Waals surface area contributed by atoms with Crippen LogP contribution in [0.3, 0.4) is 0 Å². The zero-order valence-electron chi connectivity index (χ0n) is 17.4. The lowest BCUT2D eigenvalue weighted by molar-refractivity contribution is -0.146. The van der Waals surface area contributed by atoms with Gasteiger partial charge in [0, 0.05) is 55.3 Å². The van der Waals surface area contributed by atoms with Crippen LogP contribution in [-0.4, -0.2) is 73.2 Å². The molecule has 166 valence electrons. The highest BCUT2D eigenvalue weighted by Gasteiger charge is 2.33. The highest BCUT2D eigenvalue weighted by Crippen LogP contribution is 2.23. The summed E-state index contributed by atoms with van der Waals surface area (Å²) in [5.74, 6) is 1.01. The van der Waals surface area contributed by atoms with Crippen molar-refractivity contribution in [3.05, 3.63) is 35.0 Å². The molecule has 9 heteroatoms. The fourth-order valence-corrected chi connectivity index (χ4v) is 4.27. The molecule has 0 saturated carbocycles. The zero-order chi connectivity index (χ0) is 21.7. The first-order valence-corrected chi connectivity index (χ1v) is 10.7. The number of alkyl halides is 3. The molecule has 1 atom stereocenters. The molecule has 1 aromatic carbocycles. The molecule has 3 rings (SSSR count). The molecule has 0 spiro atoms. The van der Waals surface area contributed by atoms with Gasteiger partial charge in [-0.25, -0.2) is 0 Å². The Labute approximate surface area is 180 Å². The van der Waals surface area contributed by atoms with Crippen molar-refractivity contribution in [2.75, 3.05) is 46.3 Å². The largest absolute Gasteiger partial charge is 0.401 e. The number of fused-ring (bicyclic) bond motifs is 1. The van der Waals surface area contributed by atoms with E-state index < -0.39 is 12.7 Å². The summed E-state index contributed by atoms with van der Waals surface area (Å²) >= 11 is 6.11. The quantitative estimate of drug-likeness (QED) is 0.499. The third-order valence-corrected chi connectivity index (χ3v) is 5.81. The van der Waals surface area contributed by atoms with E-state index in [-0.39, 0.29) is 5.92 Å². The number of rotatable bonds is 7. The van der Waals surface area contributed by atoms with E-state index in [1.165, 1.54) is 10.5 Å². The number of nitrogens with zero attached hydrogens (tertiary/aromatic N) is 3. The van der Waals surface area contributed by atoms with Crippen molar-refractivity contribution >= 4 is 28.5 Å². The molecule has 1 aliphatic heterocycles. The van der Waals surface area contributed by atoms with E-state index in [0.29, 0.717) is 24.7 Å². The van der Waals surface area contributed by atoms with Crippen LogP contribution in [0, 0.1) is 5.92 Å². The minimum atomic E-state index is -4.15. The summed E-state index contributed by atoms with van der Waals surface area (Å²) in [7, 11) is 1.74. The average molecular weight is 444 g/mol. The van der Waals surface area contributed by atoms with Gasteiger partial charge in [0.15, 0.2) is 5.96 Å². The van der Waals surface area contributed by atoms with Gasteiger partial charge in [-0.1, -0.05) is 18.5 Å². The molecule has 5 nitrogen and oxygen atoms in total. The first kappa shape index (κ1) is 22.7. The van der Waals surface area contributed by atoms with E-state index >= 15 is 0 Å². The maximum absolute atomic E-state index is 12.7. The van der Waals surface area contributed by atoms with Crippen LogP contribution in [0.5, 0.6) is 0 Å². The second kappa shape index (κ2) is 9.92. The molecule has 2 heterocycles. The molecule has 0 radical (unpaired) electrons. The van der Waals surface area contributed by atoms with Gasteiger partial charge in [-0.15, -0.1) is 0 Å². The van der Waals surface area contributed by atoms with Crippen LogP contribution < -0.4 is 5.32 Å². The summed E-state index contributed by atoms with van der Waals surface area (Å²) < 4.78 is 38.1. The third-order valence-electron chi connectivity index (χ3n) is 5.57. The van der Waals surface area contributed by atoms with Gasteiger partial charge in [0.05, 0.1) is 6.54 Å². The maximum atomic E-state index is 12.7. The SMILES string of the molecule is CCN(CC1CCN(C(=NC)NCCc2c[nH]c3ccc(Cl)cc23)C1)CC(F)(F)F. The lowest BCUT2D eigenvalue weighted by atomic mass is 10.1. The molecule has 0 amide bonds. The normalized spacial score (nSPS) is 18.0. The van der Waals surface area contributed by atoms with E-state index in [1.807, 2.05) is 24.4 Å². The first-order valence-electron chi connectivity index (χ1n) is 10.3. The van der Waals surface area contributed by atoms with E-state index in [4.69, 9.17) is 11.6 Å². The van der Waals surface area contributed by atoms with E-state index in [0.717, 1.165) is 42.8 Å². The molecule has 1 unspecified atom stereocenters. The van der Waals surface area contributed by atoms with Gasteiger partial charge in [-0.05, 0) is 49.1 Å². The average Bonchev–Trinajstić information content (AvgIpc) is 3.30. The Balaban J connectivity index is 1.50. The number of benzene rings is 1. The summed E-state index contributed by atoms with van der Waals surface area (Å²) in [5.41, 5.74) is 2.24. The van der Waals surface area contributed by atoms with E-state index in [1.54, 1.807) is 14.0 Å². The Morgan fingerprint density at radius 1 is 1.40 bits per heavy atom. The van der Waals surface area contributed by atoms with Crippen LogP contribution in [0.15, 0.2) is 29.4 Å². The summed E-state index contributed by atoms with van der Waals surface area (Å²) in [6, 6.07) is 5.79. The van der Waals surface area contributed by atoms with Crippen LogP contribution in [0.25, 0.3) is 10.9 Å². The number of aromatic amines is 1. The topological polar surface area (TPSA) is 46.7 Å². The fourth-order valence-electron chi connectivity index (χ4n) is 4.10. The number of hydrogen-bond donors (Lipinski definition) is 2. The Morgan fingerprint density at radius 3 is 2.90 bits per heavy atom. The number of aromatic nitrogens is 1. The number of aliphatic imine (C=N–C) groups is 1. The van der Waals surface area contributed by atoms with Gasteiger partial charge in [0.1, 0.15) is 0 Å². The van der Waals surface area contributed by atoms with Gasteiger partial charge in [-0.2, -0.15) is 13.2 Å². The van der Waals surface area contributed by atoms with Crippen molar-refractivity contribution < 1.29 is 13.2 Å². The number of hydrogen-bond acceptors (Lipinski definition) is 2. The van der Waals surface area contributed by atoms with E-state index in [9.17, 15) is 13.2 Å². The highest BCUT2D eigenvalue weighted by molar-refractivity contribution is 6.31. The number of H-pyrrole nitrogens is 1. The predicted molar refractivity (Wildman–Crippen MR) is 116 cm³/mol. The predicted octanol–water partition coefficient (Wildman–Crippen LogP) is 4.15. The molecule has 2 aromatic rings. The van der Waals surface area contributed by atoms with Crippen LogP contribution >= 0.6 is 11.6 Å². The molecule has 1 fully saturated rings. The zero-order valence-corrected chi connectivity index (χ0v) is 18.2. The van der Waals surface area contributed by atoms with Gasteiger partial charge in [-0.3, -0.25) is 9.89 Å². The van der Waals surface area contributed by atoms with Gasteiger partial charge in [0.2, 0.25) is 0 Å². The van der Waals surface area contributed by atoms with Crippen molar-refractivity contribution in [2.24, 2.45) is 10.9 Å². The van der Waals surface area contributed by atoms with E-state index in [2.05, 4.69) is 20.2 Å². The van der Waals surface area contributed by atoms with Crippen LogP contribution in [0.2, 0.25) is 5.02 Å². The van der Waals surface area contributed by atoms with Gasteiger partial charge < -0.3 is 15.2 Å². The minimum Gasteiger partial charge on any atom is -0.361 e. The second-order valence-electron chi connectivity index (χ2n) is 7.77. The molecule has 0 aliphatic carbocycles. The van der Waals surface area contributed by atoms with Crippen molar-refractivity contribution in [2.45, 2.75) is 25.9 Å². The fraction of sp³-hybridized carbons (Fsp3) is 0.571. The van der Waals surface area contributed by atoms with Crippen molar-refractivity contribution in [1.82, 2.24) is 20.1 Å². The smallest absolute Gasteiger partial charge is 0.361 e. The summed E-state index contributed by atoms with van der Waals surface area (Å²) in [4.78, 5) is 11.2. The molecule has 2 N–H and O–H groups in total. The van der Waals surface area contributed by atoms with Crippen LogP contribution in [-0.2, 0) is 6.42 Å². The van der Waals surface area contributed by atoms with Crippen molar-refractivity contribution in [1.29, 1.82) is 0 Å². The Kier molecular flexibility index (Phi) is 7.52. The standard InChI is InChI=1S/C21H29ClF3N5/c1-3-29(14-21(23,24)25)12-15-7-9-30(13-15)20(26-2)27-8-6-16-11-28-19-5-4-17(22)10-18(16)19/h4-5,10-11,15,28H,3,6-9,12-14H2,1-2H3,(H,26,27). The molecule has 1 aromatic heterocycles. The monoisotopic (exact) mass is 443 g/mol. The van der Waals surface area contributed by atoms with Crippen molar-refractivity contribution in [3.8, 4) is 0 Å². The summed E-state index contributed by atoms with van der Waals surface area (Å²) in [6.07, 6.45) is -0.475. The minimum absolute atomic E-state index is 0.210. The Bertz CT molecular complexity index is 864. The lowest BCUT2D eigenvalue weighted by Crippen LogP contribution is -2.42. The highest BCUT2D eigenvalue weighted by atomic mass is 35.5. The van der Waals surface area contributed by atoms with Crippen molar-refractivity contribution in [3.63, 3.8) is 0 Å². The first-order chi connectivity index (χ1) is 14.3. The van der Waals surface area contributed by atoms with Crippen LogP contribution in [0.4, 0.5) is 13.2 Å². The Hall–Kier alpha value is -1.93. The number of nitrogens with one attached hydrogen (secondary N) is 2. The molecular weight excluding hydrogens is 415 g/mol. The number of guanidine groups is 1. The van der Waals surface area contributed by atoms with Gasteiger partial charge in [0.25, 0.3) is 0 Å². The molecule has 30 heavy (non-hydrogen) atoms.